The van der Waals surface area contributed by atoms with Gasteiger partial charge in [0.1, 0.15) is 0 Å². The van der Waals surface area contributed by atoms with Gasteiger partial charge in [-0.25, -0.2) is 4.79 Å². The molecule has 2 aliphatic rings. The van der Waals surface area contributed by atoms with Gasteiger partial charge >= 0.3 is 13.2 Å². The predicted molar refractivity (Wildman–Crippen MR) is 180 cm³/mol. The molecular formula is C34H44BClN4O6. The highest BCUT2D eigenvalue weighted by molar-refractivity contribution is 6.62. The standard InChI is InChI=1S/C34H44BClN4O6/c1-22(41)37-15-17-40-29-10-6-9-28(36)27(29)20-30(40)24-8-7-16-39(21-24)31(42)19-26(38-32(43)44)18-23-11-13-25(14-12-23)35-45-33(2,3)34(4,5)46-35/h6,9-14,20,24,26,38H,7-8,15-19,21H2,1-5H3,(H,37,41)(H,43,44)/t24?,26-/m1/s1. The van der Waals surface area contributed by atoms with Gasteiger partial charge in [-0.1, -0.05) is 41.9 Å². The van der Waals surface area contributed by atoms with E-state index in [4.69, 9.17) is 20.9 Å². The van der Waals surface area contributed by atoms with E-state index in [1.165, 1.54) is 6.92 Å². The van der Waals surface area contributed by atoms with Crippen LogP contribution < -0.4 is 16.1 Å². The maximum absolute atomic E-state index is 13.6. The lowest BCUT2D eigenvalue weighted by molar-refractivity contribution is -0.133. The zero-order valence-corrected chi connectivity index (χ0v) is 28.0. The molecular weight excluding hydrogens is 607 g/mol. The van der Waals surface area contributed by atoms with Crippen molar-refractivity contribution >= 4 is 53.0 Å². The molecule has 246 valence electrons. The van der Waals surface area contributed by atoms with Crippen molar-refractivity contribution in [1.29, 1.82) is 0 Å². The molecule has 0 aliphatic carbocycles. The Morgan fingerprint density at radius 2 is 1.78 bits per heavy atom. The maximum Gasteiger partial charge on any atom is 0.494 e. The molecule has 0 spiro atoms. The molecule has 2 aromatic carbocycles. The van der Waals surface area contributed by atoms with Gasteiger partial charge in [0, 0.05) is 73.1 Å². The van der Waals surface area contributed by atoms with Crippen LogP contribution in [0.25, 0.3) is 10.9 Å². The summed E-state index contributed by atoms with van der Waals surface area (Å²) in [6, 6.07) is 15.1. The summed E-state index contributed by atoms with van der Waals surface area (Å²) in [6.07, 6.45) is 0.992. The van der Waals surface area contributed by atoms with Crippen molar-refractivity contribution in [3.8, 4) is 0 Å². The van der Waals surface area contributed by atoms with Crippen LogP contribution in [0.5, 0.6) is 0 Å². The summed E-state index contributed by atoms with van der Waals surface area (Å²) in [6.45, 7) is 11.7. The Morgan fingerprint density at radius 1 is 1.09 bits per heavy atom. The van der Waals surface area contributed by atoms with Crippen molar-refractivity contribution < 1.29 is 28.8 Å². The average molecular weight is 651 g/mol. The van der Waals surface area contributed by atoms with Crippen LogP contribution in [-0.4, -0.2) is 76.5 Å². The first kappa shape index (κ1) is 33.8. The number of amides is 3. The van der Waals surface area contributed by atoms with Crippen molar-refractivity contribution in [2.75, 3.05) is 19.6 Å². The minimum absolute atomic E-state index is 0.0509. The Bertz CT molecular complexity index is 1570. The molecule has 2 aliphatic heterocycles. The first-order chi connectivity index (χ1) is 21.7. The SMILES string of the molecule is CC(=O)NCCn1c(C2CCCN(C(=O)C[C@@H](Cc3ccc(B4OC(C)(C)C(C)(C)O4)cc3)NC(=O)O)C2)cc2c(Cl)cccc21. The van der Waals surface area contributed by atoms with Gasteiger partial charge in [-0.3, -0.25) is 9.59 Å². The third-order valence-electron chi connectivity index (χ3n) is 9.56. The zero-order valence-electron chi connectivity index (χ0n) is 27.3. The van der Waals surface area contributed by atoms with Crippen LogP contribution in [0.3, 0.4) is 0 Å². The Hall–Kier alpha value is -3.54. The summed E-state index contributed by atoms with van der Waals surface area (Å²) in [5.74, 6) is -0.0981. The second-order valence-electron chi connectivity index (χ2n) is 13.4. The first-order valence-corrected chi connectivity index (χ1v) is 16.4. The minimum atomic E-state index is -1.16. The smallest absolute Gasteiger partial charge is 0.465 e. The molecule has 10 nitrogen and oxygen atoms in total. The van der Waals surface area contributed by atoms with Gasteiger partial charge in [-0.15, -0.1) is 0 Å². The predicted octanol–water partition coefficient (Wildman–Crippen LogP) is 4.71. The van der Waals surface area contributed by atoms with Crippen LogP contribution >= 0.6 is 11.6 Å². The Morgan fingerprint density at radius 3 is 2.43 bits per heavy atom. The number of nitrogens with one attached hydrogen (secondary N) is 2. The van der Waals surface area contributed by atoms with Crippen molar-refractivity contribution in [2.45, 2.75) is 90.0 Å². The highest BCUT2D eigenvalue weighted by Gasteiger charge is 2.51. The van der Waals surface area contributed by atoms with E-state index < -0.39 is 30.5 Å². The van der Waals surface area contributed by atoms with Gasteiger partial charge in [-0.05, 0) is 76.2 Å². The summed E-state index contributed by atoms with van der Waals surface area (Å²) >= 11 is 6.56. The van der Waals surface area contributed by atoms with Crippen molar-refractivity contribution in [3.63, 3.8) is 0 Å². The van der Waals surface area contributed by atoms with E-state index in [1.54, 1.807) is 0 Å². The van der Waals surface area contributed by atoms with Crippen molar-refractivity contribution in [1.82, 2.24) is 20.1 Å². The number of carbonyl (C=O) groups excluding carboxylic acids is 2. The summed E-state index contributed by atoms with van der Waals surface area (Å²) in [7, 11) is -0.485. The molecule has 3 amide bonds. The molecule has 0 radical (unpaired) electrons. The number of halogens is 1. The van der Waals surface area contributed by atoms with Crippen molar-refractivity contribution in [2.24, 2.45) is 0 Å². The highest BCUT2D eigenvalue weighted by Crippen LogP contribution is 2.37. The number of fused-ring (bicyclic) bond motifs is 1. The molecule has 0 bridgehead atoms. The van der Waals surface area contributed by atoms with E-state index in [0.717, 1.165) is 40.5 Å². The number of rotatable bonds is 10. The van der Waals surface area contributed by atoms with E-state index in [2.05, 4.69) is 21.3 Å². The summed E-state index contributed by atoms with van der Waals surface area (Å²) < 4.78 is 14.5. The van der Waals surface area contributed by atoms with Gasteiger partial charge in [-0.2, -0.15) is 0 Å². The fourth-order valence-corrected chi connectivity index (χ4v) is 6.63. The maximum atomic E-state index is 13.6. The number of carboxylic acid groups (broad SMARTS) is 1. The van der Waals surface area contributed by atoms with Gasteiger partial charge < -0.3 is 34.5 Å². The van der Waals surface area contributed by atoms with E-state index in [0.29, 0.717) is 37.6 Å². The van der Waals surface area contributed by atoms with Gasteiger partial charge in [0.2, 0.25) is 11.8 Å². The molecule has 2 atom stereocenters. The molecule has 1 aromatic heterocycles. The fraction of sp³-hybridized carbons (Fsp3) is 0.500. The lowest BCUT2D eigenvalue weighted by atomic mass is 9.78. The highest BCUT2D eigenvalue weighted by atomic mass is 35.5. The largest absolute Gasteiger partial charge is 0.494 e. The van der Waals surface area contributed by atoms with Crippen LogP contribution in [0.1, 0.15) is 71.1 Å². The topological polar surface area (TPSA) is 122 Å². The number of nitrogens with zero attached hydrogens (tertiary/aromatic N) is 2. The monoisotopic (exact) mass is 650 g/mol. The van der Waals surface area contributed by atoms with Crippen LogP contribution in [0.15, 0.2) is 48.5 Å². The summed E-state index contributed by atoms with van der Waals surface area (Å²) in [4.78, 5) is 38.8. The first-order valence-electron chi connectivity index (χ1n) is 16.0. The molecule has 3 heterocycles. The van der Waals surface area contributed by atoms with Gasteiger partial charge in [0.15, 0.2) is 0 Å². The van der Waals surface area contributed by atoms with Crippen LogP contribution in [0.4, 0.5) is 4.79 Å². The Balaban J connectivity index is 1.27. The van der Waals surface area contributed by atoms with E-state index in [1.807, 2.05) is 75.1 Å². The molecule has 1 unspecified atom stereocenters. The molecule has 3 aromatic rings. The molecule has 5 rings (SSSR count). The summed E-state index contributed by atoms with van der Waals surface area (Å²) in [5.41, 5.74) is 2.97. The number of likely N-dealkylation sites (tertiary alicyclic amines) is 1. The molecule has 46 heavy (non-hydrogen) atoms. The van der Waals surface area contributed by atoms with E-state index in [-0.39, 0.29) is 24.2 Å². The quantitative estimate of drug-likeness (QED) is 0.274. The number of hydrogen-bond acceptors (Lipinski definition) is 5. The summed E-state index contributed by atoms with van der Waals surface area (Å²) in [5, 5.41) is 16.6. The fourth-order valence-electron chi connectivity index (χ4n) is 6.41. The van der Waals surface area contributed by atoms with Gasteiger partial charge in [0.25, 0.3) is 0 Å². The van der Waals surface area contributed by atoms with Crippen LogP contribution in [-0.2, 0) is 31.9 Å². The number of benzene rings is 2. The molecule has 2 fully saturated rings. The third-order valence-corrected chi connectivity index (χ3v) is 9.89. The number of carbonyl (C=O) groups is 3. The average Bonchev–Trinajstić information content (AvgIpc) is 3.46. The molecule has 3 N–H and O–H groups in total. The second kappa shape index (κ2) is 13.7. The number of aromatic nitrogens is 1. The zero-order chi connectivity index (χ0) is 33.2. The Labute approximate surface area is 275 Å². The molecule has 12 heteroatoms. The normalized spacial score (nSPS) is 19.7. The van der Waals surface area contributed by atoms with E-state index >= 15 is 0 Å². The van der Waals surface area contributed by atoms with Gasteiger partial charge in [0.05, 0.1) is 11.2 Å². The number of hydrogen-bond donors (Lipinski definition) is 3. The minimum Gasteiger partial charge on any atom is -0.465 e. The Kier molecular flexibility index (Phi) is 10.1. The second-order valence-corrected chi connectivity index (χ2v) is 13.8. The third kappa shape index (κ3) is 7.53. The van der Waals surface area contributed by atoms with E-state index in [9.17, 15) is 19.5 Å². The number of piperidine rings is 1. The lowest BCUT2D eigenvalue weighted by Gasteiger charge is -2.34. The lowest BCUT2D eigenvalue weighted by Crippen LogP contribution is -2.44. The van der Waals surface area contributed by atoms with Crippen LogP contribution in [0.2, 0.25) is 5.02 Å². The van der Waals surface area contributed by atoms with Crippen LogP contribution in [0, 0.1) is 0 Å². The molecule has 0 saturated carbocycles. The van der Waals surface area contributed by atoms with Crippen molar-refractivity contribution in [3.05, 3.63) is 64.8 Å². The molecule has 2 saturated heterocycles.